The molecule has 1 fully saturated rings. The lowest BCUT2D eigenvalue weighted by Crippen LogP contribution is -2.28. The van der Waals surface area contributed by atoms with E-state index in [1.165, 1.54) is 0 Å². The second kappa shape index (κ2) is 8.29. The first-order valence-corrected chi connectivity index (χ1v) is 10.2. The molecule has 2 heterocycles. The Bertz CT molecular complexity index is 1050. The van der Waals surface area contributed by atoms with Gasteiger partial charge in [-0.1, -0.05) is 19.9 Å². The van der Waals surface area contributed by atoms with Crippen LogP contribution in [0.3, 0.4) is 0 Å². The molecule has 31 heavy (non-hydrogen) atoms. The van der Waals surface area contributed by atoms with Gasteiger partial charge in [0.15, 0.2) is 11.5 Å². The Hall–Kier alpha value is -3.55. The van der Waals surface area contributed by atoms with Gasteiger partial charge in [0.05, 0.1) is 5.92 Å². The van der Waals surface area contributed by atoms with Crippen LogP contribution in [0.25, 0.3) is 0 Å². The van der Waals surface area contributed by atoms with Crippen LogP contribution < -0.4 is 25.0 Å². The van der Waals surface area contributed by atoms with Crippen molar-refractivity contribution in [1.82, 2.24) is 0 Å². The molecule has 0 aromatic heterocycles. The van der Waals surface area contributed by atoms with Crippen molar-refractivity contribution in [3.05, 3.63) is 42.0 Å². The van der Waals surface area contributed by atoms with E-state index in [9.17, 15) is 14.4 Å². The predicted octanol–water partition coefficient (Wildman–Crippen LogP) is 3.31. The third kappa shape index (κ3) is 4.33. The number of carbonyl (C=O) groups is 3. The van der Waals surface area contributed by atoms with Crippen LogP contribution in [0.4, 0.5) is 17.1 Å². The summed E-state index contributed by atoms with van der Waals surface area (Å²) in [5.74, 6) is 0.165. The van der Waals surface area contributed by atoms with Crippen LogP contribution in [-0.4, -0.2) is 31.1 Å². The number of benzene rings is 2. The van der Waals surface area contributed by atoms with Crippen molar-refractivity contribution in [2.45, 2.75) is 27.2 Å². The second-order valence-electron chi connectivity index (χ2n) is 8.11. The summed E-state index contributed by atoms with van der Waals surface area (Å²) in [6.45, 7) is 5.95. The maximum absolute atomic E-state index is 12.9. The zero-order valence-electron chi connectivity index (χ0n) is 17.7. The summed E-state index contributed by atoms with van der Waals surface area (Å²) in [5, 5.41) is 5.75. The summed E-state index contributed by atoms with van der Waals surface area (Å²) in [6, 6.07) is 10.7. The van der Waals surface area contributed by atoms with E-state index in [4.69, 9.17) is 9.47 Å². The molecule has 0 bridgehead atoms. The lowest BCUT2D eigenvalue weighted by atomic mass is 10.1. The zero-order valence-corrected chi connectivity index (χ0v) is 17.7. The summed E-state index contributed by atoms with van der Waals surface area (Å²) in [7, 11) is 0. The summed E-state index contributed by atoms with van der Waals surface area (Å²) in [5.41, 5.74) is 2.77. The van der Waals surface area contributed by atoms with Gasteiger partial charge >= 0.3 is 0 Å². The number of rotatable bonds is 5. The molecule has 4 rings (SSSR count). The van der Waals surface area contributed by atoms with E-state index in [1.54, 1.807) is 35.2 Å². The number of nitrogens with zero attached hydrogens (tertiary/aromatic N) is 1. The van der Waals surface area contributed by atoms with Crippen LogP contribution in [0.2, 0.25) is 0 Å². The largest absolute Gasteiger partial charge is 0.454 e. The molecule has 0 aliphatic carbocycles. The summed E-state index contributed by atoms with van der Waals surface area (Å²) < 4.78 is 10.7. The maximum Gasteiger partial charge on any atom is 0.231 e. The number of anilines is 3. The minimum atomic E-state index is -0.480. The maximum atomic E-state index is 12.9. The first kappa shape index (κ1) is 20.7. The molecular weight excluding hydrogens is 398 g/mol. The molecule has 0 radical (unpaired) electrons. The van der Waals surface area contributed by atoms with Crippen molar-refractivity contribution in [2.75, 3.05) is 28.9 Å². The van der Waals surface area contributed by atoms with Gasteiger partial charge in [-0.3, -0.25) is 14.4 Å². The van der Waals surface area contributed by atoms with E-state index in [2.05, 4.69) is 10.6 Å². The van der Waals surface area contributed by atoms with E-state index < -0.39 is 5.92 Å². The molecule has 1 saturated heterocycles. The van der Waals surface area contributed by atoms with Crippen molar-refractivity contribution in [1.29, 1.82) is 0 Å². The summed E-state index contributed by atoms with van der Waals surface area (Å²) in [6.07, 6.45) is 0.128. The second-order valence-corrected chi connectivity index (χ2v) is 8.11. The quantitative estimate of drug-likeness (QED) is 0.769. The molecule has 2 aliphatic rings. The fourth-order valence-corrected chi connectivity index (χ4v) is 3.54. The molecule has 0 saturated carbocycles. The van der Waals surface area contributed by atoms with Crippen LogP contribution in [0.5, 0.6) is 11.5 Å². The molecule has 2 aromatic rings. The fourth-order valence-electron chi connectivity index (χ4n) is 3.54. The van der Waals surface area contributed by atoms with E-state index in [0.29, 0.717) is 28.6 Å². The highest BCUT2D eigenvalue weighted by molar-refractivity contribution is 6.04. The minimum absolute atomic E-state index is 0.0955. The van der Waals surface area contributed by atoms with Gasteiger partial charge in [0, 0.05) is 42.0 Å². The molecule has 162 valence electrons. The Morgan fingerprint density at radius 1 is 1.06 bits per heavy atom. The van der Waals surface area contributed by atoms with E-state index >= 15 is 0 Å². The standard InChI is InChI=1S/C23H25N3O5/c1-13(2)22(28)24-16-5-4-14(3)18(9-16)25-23(29)15-8-21(27)26(11-15)17-6-7-19-20(10-17)31-12-30-19/h4-7,9-10,13,15H,8,11-12H2,1-3H3,(H,24,28)(H,25,29). The number of nitrogens with one attached hydrogen (secondary N) is 2. The smallest absolute Gasteiger partial charge is 0.231 e. The van der Waals surface area contributed by atoms with Crippen LogP contribution in [0.1, 0.15) is 25.8 Å². The van der Waals surface area contributed by atoms with Crippen molar-refractivity contribution in [3.8, 4) is 11.5 Å². The highest BCUT2D eigenvalue weighted by Crippen LogP contribution is 2.37. The molecule has 8 heteroatoms. The number of carbonyl (C=O) groups excluding carboxylic acids is 3. The van der Waals surface area contributed by atoms with Crippen molar-refractivity contribution >= 4 is 34.8 Å². The van der Waals surface area contributed by atoms with Gasteiger partial charge in [-0.05, 0) is 36.8 Å². The van der Waals surface area contributed by atoms with Gasteiger partial charge in [0.25, 0.3) is 0 Å². The number of ether oxygens (including phenoxy) is 2. The fraction of sp³-hybridized carbons (Fsp3) is 0.348. The third-order valence-electron chi connectivity index (χ3n) is 5.45. The Morgan fingerprint density at radius 2 is 1.84 bits per heavy atom. The van der Waals surface area contributed by atoms with Gasteiger partial charge in [0.1, 0.15) is 0 Å². The molecule has 1 unspecified atom stereocenters. The average molecular weight is 423 g/mol. The van der Waals surface area contributed by atoms with Crippen LogP contribution >= 0.6 is 0 Å². The topological polar surface area (TPSA) is 97.0 Å². The molecule has 3 amide bonds. The molecule has 1 atom stereocenters. The first-order valence-electron chi connectivity index (χ1n) is 10.2. The van der Waals surface area contributed by atoms with Crippen molar-refractivity contribution in [2.24, 2.45) is 11.8 Å². The molecule has 0 spiro atoms. The van der Waals surface area contributed by atoms with Crippen LogP contribution in [-0.2, 0) is 14.4 Å². The number of aryl methyl sites for hydroxylation is 1. The molecule has 2 N–H and O–H groups in total. The highest BCUT2D eigenvalue weighted by atomic mass is 16.7. The van der Waals surface area contributed by atoms with Crippen molar-refractivity contribution in [3.63, 3.8) is 0 Å². The minimum Gasteiger partial charge on any atom is -0.454 e. The Labute approximate surface area is 180 Å². The number of amides is 3. The van der Waals surface area contributed by atoms with Crippen LogP contribution in [0, 0.1) is 18.8 Å². The van der Waals surface area contributed by atoms with Gasteiger partial charge in [-0.15, -0.1) is 0 Å². The van der Waals surface area contributed by atoms with E-state index in [1.807, 2.05) is 26.8 Å². The normalized spacial score (nSPS) is 17.2. The number of hydrogen-bond acceptors (Lipinski definition) is 5. The SMILES string of the molecule is Cc1ccc(NC(=O)C(C)C)cc1NC(=O)C1CC(=O)N(c2ccc3c(c2)OCO3)C1. The lowest BCUT2D eigenvalue weighted by Gasteiger charge is -2.18. The number of fused-ring (bicyclic) bond motifs is 1. The van der Waals surface area contributed by atoms with Crippen molar-refractivity contribution < 1.29 is 23.9 Å². The Balaban J connectivity index is 1.45. The van der Waals surface area contributed by atoms with Gasteiger partial charge in [-0.2, -0.15) is 0 Å². The first-order chi connectivity index (χ1) is 14.8. The average Bonchev–Trinajstić information content (AvgIpc) is 3.36. The molecule has 8 nitrogen and oxygen atoms in total. The van der Waals surface area contributed by atoms with Gasteiger partial charge in [-0.25, -0.2) is 0 Å². The third-order valence-corrected chi connectivity index (χ3v) is 5.45. The Morgan fingerprint density at radius 3 is 2.61 bits per heavy atom. The summed E-state index contributed by atoms with van der Waals surface area (Å²) in [4.78, 5) is 39.0. The summed E-state index contributed by atoms with van der Waals surface area (Å²) >= 11 is 0. The van der Waals surface area contributed by atoms with Gasteiger partial charge < -0.3 is 25.0 Å². The van der Waals surface area contributed by atoms with E-state index in [0.717, 1.165) is 5.56 Å². The zero-order chi connectivity index (χ0) is 22.1. The van der Waals surface area contributed by atoms with Crippen LogP contribution in [0.15, 0.2) is 36.4 Å². The molecule has 2 aliphatic heterocycles. The monoisotopic (exact) mass is 423 g/mol. The van der Waals surface area contributed by atoms with E-state index in [-0.39, 0.29) is 43.4 Å². The lowest BCUT2D eigenvalue weighted by molar-refractivity contribution is -0.122. The Kier molecular flexibility index (Phi) is 5.54. The predicted molar refractivity (Wildman–Crippen MR) is 116 cm³/mol. The highest BCUT2D eigenvalue weighted by Gasteiger charge is 2.36. The van der Waals surface area contributed by atoms with Gasteiger partial charge in [0.2, 0.25) is 24.5 Å². The molecular formula is C23H25N3O5. The number of hydrogen-bond donors (Lipinski definition) is 2. The molecule has 2 aromatic carbocycles.